The van der Waals surface area contributed by atoms with Gasteiger partial charge in [0, 0.05) is 25.5 Å². The van der Waals surface area contributed by atoms with E-state index in [4.69, 9.17) is 4.74 Å². The van der Waals surface area contributed by atoms with E-state index in [0.29, 0.717) is 6.04 Å². The first kappa shape index (κ1) is 12.3. The lowest BCUT2D eigenvalue weighted by Crippen LogP contribution is -2.32. The topological polar surface area (TPSA) is 21.3 Å². The molecule has 2 nitrogen and oxygen atoms in total. The van der Waals surface area contributed by atoms with Crippen molar-refractivity contribution >= 4 is 11.8 Å². The summed E-state index contributed by atoms with van der Waals surface area (Å²) in [4.78, 5) is 0. The molecule has 74 valence electrons. The molecule has 0 aromatic carbocycles. The van der Waals surface area contributed by atoms with Crippen molar-refractivity contribution in [2.45, 2.75) is 25.8 Å². The predicted molar refractivity (Wildman–Crippen MR) is 57.0 cm³/mol. The van der Waals surface area contributed by atoms with E-state index in [2.05, 4.69) is 18.5 Å². The number of thioether (sulfide) groups is 1. The van der Waals surface area contributed by atoms with Crippen LogP contribution in [0, 0.1) is 0 Å². The molecular formula is C9H21NOS. The highest BCUT2D eigenvalue weighted by Gasteiger charge is 2.05. The molecule has 0 saturated carbocycles. The second-order valence-electron chi connectivity index (χ2n) is 2.89. The maximum Gasteiger partial charge on any atom is 0.0477 e. The van der Waals surface area contributed by atoms with Gasteiger partial charge in [-0.05, 0) is 25.6 Å². The van der Waals surface area contributed by atoms with E-state index in [-0.39, 0.29) is 0 Å². The van der Waals surface area contributed by atoms with Gasteiger partial charge in [0.25, 0.3) is 0 Å². The lowest BCUT2D eigenvalue weighted by atomic mass is 10.2. The minimum Gasteiger partial charge on any atom is -0.385 e. The Labute approximate surface area is 80.4 Å². The highest BCUT2D eigenvalue weighted by Crippen LogP contribution is 2.01. The van der Waals surface area contributed by atoms with Crippen LogP contribution in [0.5, 0.6) is 0 Å². The minimum atomic E-state index is 0.625. The first-order valence-corrected chi connectivity index (χ1v) is 5.95. The molecule has 1 atom stereocenters. The third-order valence-corrected chi connectivity index (χ3v) is 2.46. The molecule has 0 heterocycles. The first-order valence-electron chi connectivity index (χ1n) is 4.56. The highest BCUT2D eigenvalue weighted by molar-refractivity contribution is 7.98. The first-order chi connectivity index (χ1) is 5.85. The summed E-state index contributed by atoms with van der Waals surface area (Å²) in [5.74, 6) is 1.18. The summed E-state index contributed by atoms with van der Waals surface area (Å²) < 4.78 is 5.05. The standard InChI is InChI=1S/C9H21NOS/c1-4-6-10-9(8-12-3)5-7-11-2/h9-10H,4-8H2,1-3H3. The van der Waals surface area contributed by atoms with Crippen LogP contribution in [0.15, 0.2) is 0 Å². The Balaban J connectivity index is 3.40. The van der Waals surface area contributed by atoms with E-state index in [1.54, 1.807) is 7.11 Å². The third-order valence-electron chi connectivity index (χ3n) is 1.72. The molecular weight excluding hydrogens is 170 g/mol. The van der Waals surface area contributed by atoms with E-state index in [1.165, 1.54) is 12.2 Å². The maximum atomic E-state index is 5.05. The van der Waals surface area contributed by atoms with Crippen molar-refractivity contribution in [3.8, 4) is 0 Å². The molecule has 3 heteroatoms. The zero-order valence-corrected chi connectivity index (χ0v) is 9.25. The SMILES string of the molecule is CCCNC(CCOC)CSC. The Kier molecular flexibility index (Phi) is 9.57. The molecule has 0 aliphatic carbocycles. The molecule has 1 unspecified atom stereocenters. The normalized spacial score (nSPS) is 13.2. The van der Waals surface area contributed by atoms with Crippen LogP contribution >= 0.6 is 11.8 Å². The van der Waals surface area contributed by atoms with Gasteiger partial charge in [0.05, 0.1) is 0 Å². The molecule has 1 N–H and O–H groups in total. The van der Waals surface area contributed by atoms with Crippen LogP contribution < -0.4 is 5.32 Å². The molecule has 12 heavy (non-hydrogen) atoms. The average Bonchev–Trinajstić information content (AvgIpc) is 2.10. The molecule has 0 saturated heterocycles. The van der Waals surface area contributed by atoms with Crippen molar-refractivity contribution in [1.29, 1.82) is 0 Å². The van der Waals surface area contributed by atoms with Crippen LogP contribution in [-0.4, -0.2) is 38.3 Å². The molecule has 0 amide bonds. The fourth-order valence-corrected chi connectivity index (χ4v) is 1.74. The molecule has 0 aromatic heterocycles. The second kappa shape index (κ2) is 9.36. The Bertz CT molecular complexity index is 82.6. The summed E-state index contributed by atoms with van der Waals surface area (Å²) in [7, 11) is 1.76. The van der Waals surface area contributed by atoms with Gasteiger partial charge in [-0.25, -0.2) is 0 Å². The third kappa shape index (κ3) is 6.95. The summed E-state index contributed by atoms with van der Waals surface area (Å²) in [6.07, 6.45) is 4.47. The van der Waals surface area contributed by atoms with E-state index < -0.39 is 0 Å². The fourth-order valence-electron chi connectivity index (χ4n) is 1.05. The average molecular weight is 191 g/mol. The smallest absolute Gasteiger partial charge is 0.0477 e. The Morgan fingerprint density at radius 1 is 1.50 bits per heavy atom. The van der Waals surface area contributed by atoms with Crippen LogP contribution in [0.25, 0.3) is 0 Å². The number of hydrogen-bond acceptors (Lipinski definition) is 3. The Morgan fingerprint density at radius 2 is 2.25 bits per heavy atom. The number of nitrogens with one attached hydrogen (secondary N) is 1. The Morgan fingerprint density at radius 3 is 2.75 bits per heavy atom. The molecule has 0 aromatic rings. The van der Waals surface area contributed by atoms with Crippen LogP contribution in [0.3, 0.4) is 0 Å². The van der Waals surface area contributed by atoms with E-state index in [9.17, 15) is 0 Å². The molecule has 0 radical (unpaired) electrons. The quantitative estimate of drug-likeness (QED) is 0.631. The van der Waals surface area contributed by atoms with Gasteiger partial charge in [0.1, 0.15) is 0 Å². The lowest BCUT2D eigenvalue weighted by Gasteiger charge is -2.16. The van der Waals surface area contributed by atoms with Gasteiger partial charge in [0.15, 0.2) is 0 Å². The van der Waals surface area contributed by atoms with Crippen molar-refractivity contribution in [2.75, 3.05) is 32.3 Å². The van der Waals surface area contributed by atoms with Gasteiger partial charge in [-0.1, -0.05) is 6.92 Å². The van der Waals surface area contributed by atoms with Crippen LogP contribution in [0.1, 0.15) is 19.8 Å². The van der Waals surface area contributed by atoms with Crippen molar-refractivity contribution < 1.29 is 4.74 Å². The van der Waals surface area contributed by atoms with Gasteiger partial charge in [-0.3, -0.25) is 0 Å². The Hall–Kier alpha value is 0.270. The summed E-state index contributed by atoms with van der Waals surface area (Å²) in [6, 6.07) is 0.625. The zero-order chi connectivity index (χ0) is 9.23. The monoisotopic (exact) mass is 191 g/mol. The van der Waals surface area contributed by atoms with E-state index >= 15 is 0 Å². The molecule has 0 spiro atoms. The molecule has 0 aliphatic rings. The van der Waals surface area contributed by atoms with Crippen LogP contribution in [0.2, 0.25) is 0 Å². The number of rotatable bonds is 8. The van der Waals surface area contributed by atoms with Crippen LogP contribution in [-0.2, 0) is 4.74 Å². The second-order valence-corrected chi connectivity index (χ2v) is 3.80. The van der Waals surface area contributed by atoms with E-state index in [1.807, 2.05) is 11.8 Å². The minimum absolute atomic E-state index is 0.625. The highest BCUT2D eigenvalue weighted by atomic mass is 32.2. The van der Waals surface area contributed by atoms with Crippen LogP contribution in [0.4, 0.5) is 0 Å². The summed E-state index contributed by atoms with van der Waals surface area (Å²) in [5.41, 5.74) is 0. The van der Waals surface area contributed by atoms with Crippen molar-refractivity contribution in [3.05, 3.63) is 0 Å². The summed E-state index contributed by atoms with van der Waals surface area (Å²) in [5, 5.41) is 3.50. The van der Waals surface area contributed by atoms with Gasteiger partial charge < -0.3 is 10.1 Å². The summed E-state index contributed by atoms with van der Waals surface area (Å²) >= 11 is 1.89. The van der Waals surface area contributed by atoms with Crippen molar-refractivity contribution in [1.82, 2.24) is 5.32 Å². The van der Waals surface area contributed by atoms with Crippen molar-refractivity contribution in [3.63, 3.8) is 0 Å². The predicted octanol–water partition coefficient (Wildman–Crippen LogP) is 1.75. The lowest BCUT2D eigenvalue weighted by molar-refractivity contribution is 0.185. The van der Waals surface area contributed by atoms with Gasteiger partial charge in [-0.15, -0.1) is 0 Å². The zero-order valence-electron chi connectivity index (χ0n) is 8.43. The number of hydrogen-bond donors (Lipinski definition) is 1. The maximum absolute atomic E-state index is 5.05. The molecule has 0 bridgehead atoms. The fraction of sp³-hybridized carbons (Fsp3) is 1.00. The van der Waals surface area contributed by atoms with Gasteiger partial charge >= 0.3 is 0 Å². The molecule has 0 fully saturated rings. The summed E-state index contributed by atoms with van der Waals surface area (Å²) in [6.45, 7) is 4.18. The van der Waals surface area contributed by atoms with Crippen molar-refractivity contribution in [2.24, 2.45) is 0 Å². The van der Waals surface area contributed by atoms with Gasteiger partial charge in [0.2, 0.25) is 0 Å². The number of methoxy groups -OCH3 is 1. The van der Waals surface area contributed by atoms with E-state index in [0.717, 1.165) is 19.6 Å². The molecule has 0 rings (SSSR count). The van der Waals surface area contributed by atoms with Gasteiger partial charge in [-0.2, -0.15) is 11.8 Å². The largest absolute Gasteiger partial charge is 0.385 e. The molecule has 0 aliphatic heterocycles. The number of ether oxygens (including phenoxy) is 1.